The highest BCUT2D eigenvalue weighted by molar-refractivity contribution is 5.56. The number of anilines is 2. The van der Waals surface area contributed by atoms with E-state index in [1.54, 1.807) is 6.33 Å². The van der Waals surface area contributed by atoms with Crippen LogP contribution in [0, 0.1) is 6.92 Å². The van der Waals surface area contributed by atoms with Crippen LogP contribution >= 0.6 is 0 Å². The molecule has 3 heterocycles. The largest absolute Gasteiger partial charge is 0.373 e. The topological polar surface area (TPSA) is 53.1 Å². The van der Waals surface area contributed by atoms with Crippen LogP contribution in [0.1, 0.15) is 37.7 Å². The number of aromatic nitrogens is 2. The molecule has 2 saturated heterocycles. The predicted molar refractivity (Wildman–Crippen MR) is 82.2 cm³/mol. The lowest BCUT2D eigenvalue weighted by molar-refractivity contribution is 0.0608. The van der Waals surface area contributed by atoms with Gasteiger partial charge in [-0.25, -0.2) is 9.97 Å². The zero-order valence-corrected chi connectivity index (χ0v) is 12.7. The number of fused-ring (bicyclic) bond motifs is 2. The molecule has 5 nitrogen and oxygen atoms in total. The van der Waals surface area contributed by atoms with Crippen LogP contribution < -0.4 is 10.6 Å². The molecule has 0 aliphatic carbocycles. The summed E-state index contributed by atoms with van der Waals surface area (Å²) in [7, 11) is 4.19. The smallest absolute Gasteiger partial charge is 0.134 e. The average molecular weight is 275 g/mol. The van der Waals surface area contributed by atoms with Crippen LogP contribution in [0.4, 0.5) is 11.6 Å². The third kappa shape index (κ3) is 2.46. The fourth-order valence-electron chi connectivity index (χ4n) is 3.77. The van der Waals surface area contributed by atoms with Crippen LogP contribution in [0.5, 0.6) is 0 Å². The van der Waals surface area contributed by atoms with E-state index in [1.165, 1.54) is 32.1 Å². The molecule has 2 bridgehead atoms. The summed E-state index contributed by atoms with van der Waals surface area (Å²) < 4.78 is 0. The van der Waals surface area contributed by atoms with Crippen molar-refractivity contribution in [3.05, 3.63) is 11.9 Å². The summed E-state index contributed by atoms with van der Waals surface area (Å²) in [5.74, 6) is 1.90. The van der Waals surface area contributed by atoms with Crippen molar-refractivity contribution < 1.29 is 0 Å². The second-order valence-corrected chi connectivity index (χ2v) is 6.16. The van der Waals surface area contributed by atoms with Gasteiger partial charge >= 0.3 is 0 Å². The molecule has 2 unspecified atom stereocenters. The van der Waals surface area contributed by atoms with Crippen LogP contribution in [0.25, 0.3) is 0 Å². The van der Waals surface area contributed by atoms with E-state index >= 15 is 0 Å². The summed E-state index contributed by atoms with van der Waals surface area (Å²) in [6.45, 7) is 2.07. The van der Waals surface area contributed by atoms with Crippen molar-refractivity contribution in [1.29, 1.82) is 0 Å². The second kappa shape index (κ2) is 5.56. The van der Waals surface area contributed by atoms with E-state index in [1.807, 2.05) is 7.05 Å². The van der Waals surface area contributed by atoms with Crippen LogP contribution in [0.3, 0.4) is 0 Å². The molecule has 2 fully saturated rings. The monoisotopic (exact) mass is 275 g/mol. The zero-order valence-electron chi connectivity index (χ0n) is 12.7. The van der Waals surface area contributed by atoms with E-state index in [4.69, 9.17) is 0 Å². The maximum atomic E-state index is 4.42. The second-order valence-electron chi connectivity index (χ2n) is 6.16. The first-order valence-corrected chi connectivity index (χ1v) is 7.67. The zero-order chi connectivity index (χ0) is 14.1. The van der Waals surface area contributed by atoms with Crippen molar-refractivity contribution >= 4 is 11.6 Å². The summed E-state index contributed by atoms with van der Waals surface area (Å²) in [5, 5.41) is 6.78. The molecule has 110 valence electrons. The highest BCUT2D eigenvalue weighted by Gasteiger charge is 2.36. The van der Waals surface area contributed by atoms with Gasteiger partial charge in [-0.1, -0.05) is 6.42 Å². The molecule has 2 aliphatic rings. The van der Waals surface area contributed by atoms with Crippen LogP contribution in [-0.4, -0.2) is 47.1 Å². The number of nitrogens with one attached hydrogen (secondary N) is 2. The first kappa shape index (κ1) is 13.6. The molecule has 0 aromatic carbocycles. The van der Waals surface area contributed by atoms with E-state index in [-0.39, 0.29) is 0 Å². The maximum Gasteiger partial charge on any atom is 0.134 e. The Morgan fingerprint density at radius 1 is 1.15 bits per heavy atom. The standard InChI is InChI=1S/C15H25N5/c1-10-14(16-2)17-9-18-15(10)19-11-7-12-5-4-6-13(8-11)20(12)3/h9,11-13H,4-8H2,1-3H3,(H2,16,17,18,19). The highest BCUT2D eigenvalue weighted by atomic mass is 15.2. The summed E-state index contributed by atoms with van der Waals surface area (Å²) in [6.07, 6.45) is 8.17. The number of nitrogens with zero attached hydrogens (tertiary/aromatic N) is 3. The van der Waals surface area contributed by atoms with Gasteiger partial charge < -0.3 is 15.5 Å². The molecule has 2 atom stereocenters. The average Bonchev–Trinajstić information content (AvgIpc) is 2.42. The highest BCUT2D eigenvalue weighted by Crippen LogP contribution is 2.34. The van der Waals surface area contributed by atoms with Gasteiger partial charge in [0.1, 0.15) is 18.0 Å². The molecule has 2 N–H and O–H groups in total. The van der Waals surface area contributed by atoms with Gasteiger partial charge in [0.2, 0.25) is 0 Å². The Hall–Kier alpha value is -1.36. The van der Waals surface area contributed by atoms with Gasteiger partial charge in [-0.2, -0.15) is 0 Å². The molecule has 0 radical (unpaired) electrons. The molecule has 0 amide bonds. The number of hydrogen-bond donors (Lipinski definition) is 2. The minimum Gasteiger partial charge on any atom is -0.373 e. The Kier molecular flexibility index (Phi) is 3.78. The van der Waals surface area contributed by atoms with E-state index in [0.29, 0.717) is 6.04 Å². The number of piperidine rings is 2. The van der Waals surface area contributed by atoms with Crippen molar-refractivity contribution in [3.8, 4) is 0 Å². The first-order chi connectivity index (χ1) is 9.69. The molecule has 0 saturated carbocycles. The third-order valence-corrected chi connectivity index (χ3v) is 5.00. The lowest BCUT2D eigenvalue weighted by atomic mass is 9.82. The Bertz CT molecular complexity index is 461. The van der Waals surface area contributed by atoms with Gasteiger partial charge in [-0.05, 0) is 39.7 Å². The summed E-state index contributed by atoms with van der Waals surface area (Å²) in [6, 6.07) is 2.02. The molecular formula is C15H25N5. The van der Waals surface area contributed by atoms with E-state index in [9.17, 15) is 0 Å². The molecular weight excluding hydrogens is 250 g/mol. The first-order valence-electron chi connectivity index (χ1n) is 7.67. The molecule has 20 heavy (non-hydrogen) atoms. The molecule has 1 aromatic rings. The minimum absolute atomic E-state index is 0.541. The summed E-state index contributed by atoms with van der Waals surface area (Å²) >= 11 is 0. The van der Waals surface area contributed by atoms with E-state index < -0.39 is 0 Å². The fraction of sp³-hybridized carbons (Fsp3) is 0.733. The third-order valence-electron chi connectivity index (χ3n) is 5.00. The molecule has 3 rings (SSSR count). The quantitative estimate of drug-likeness (QED) is 0.886. The van der Waals surface area contributed by atoms with Gasteiger partial charge in [0.05, 0.1) is 0 Å². The van der Waals surface area contributed by atoms with Crippen molar-refractivity contribution in [2.24, 2.45) is 0 Å². The van der Waals surface area contributed by atoms with Crippen molar-refractivity contribution in [2.45, 2.75) is 57.2 Å². The van der Waals surface area contributed by atoms with Gasteiger partial charge in [0.15, 0.2) is 0 Å². The molecule has 0 spiro atoms. The van der Waals surface area contributed by atoms with Crippen LogP contribution in [0.2, 0.25) is 0 Å². The normalized spacial score (nSPS) is 30.1. The number of hydrogen-bond acceptors (Lipinski definition) is 5. The minimum atomic E-state index is 0.541. The lowest BCUT2D eigenvalue weighted by Crippen LogP contribution is -2.52. The van der Waals surface area contributed by atoms with Gasteiger partial charge in [-0.15, -0.1) is 0 Å². The van der Waals surface area contributed by atoms with Gasteiger partial charge in [-0.3, -0.25) is 0 Å². The molecule has 5 heteroatoms. The Balaban J connectivity index is 1.73. The Labute approximate surface area is 121 Å². The lowest BCUT2D eigenvalue weighted by Gasteiger charge is -2.47. The molecule has 2 aliphatic heterocycles. The van der Waals surface area contributed by atoms with Crippen LogP contribution in [-0.2, 0) is 0 Å². The SMILES string of the molecule is CNc1ncnc(NC2CC3CCCC(C2)N3C)c1C. The summed E-state index contributed by atoms with van der Waals surface area (Å²) in [4.78, 5) is 11.3. The van der Waals surface area contributed by atoms with Crippen molar-refractivity contribution in [1.82, 2.24) is 14.9 Å². The number of rotatable bonds is 3. The Morgan fingerprint density at radius 2 is 1.80 bits per heavy atom. The van der Waals surface area contributed by atoms with Crippen molar-refractivity contribution in [3.63, 3.8) is 0 Å². The van der Waals surface area contributed by atoms with E-state index in [2.05, 4.69) is 39.5 Å². The summed E-state index contributed by atoms with van der Waals surface area (Å²) in [5.41, 5.74) is 1.11. The fourth-order valence-corrected chi connectivity index (χ4v) is 3.77. The Morgan fingerprint density at radius 3 is 2.45 bits per heavy atom. The predicted octanol–water partition coefficient (Wildman–Crippen LogP) is 2.25. The maximum absolute atomic E-state index is 4.42. The van der Waals surface area contributed by atoms with Crippen molar-refractivity contribution in [2.75, 3.05) is 24.7 Å². The van der Waals surface area contributed by atoms with Crippen LogP contribution in [0.15, 0.2) is 6.33 Å². The molecule has 1 aromatic heterocycles. The van der Waals surface area contributed by atoms with E-state index in [0.717, 1.165) is 29.3 Å². The van der Waals surface area contributed by atoms with Gasteiger partial charge in [0, 0.05) is 30.7 Å². The van der Waals surface area contributed by atoms with Gasteiger partial charge in [0.25, 0.3) is 0 Å².